The maximum absolute atomic E-state index is 5.55. The molecule has 8 heteroatoms. The Balaban J connectivity index is 1.52. The average molecular weight is 393 g/mol. The average Bonchev–Trinajstić information content (AvgIpc) is 3.44. The number of nitrogens with zero attached hydrogens (tertiary/aromatic N) is 4. The first-order valence-electron chi connectivity index (χ1n) is 9.89. The second-order valence-electron chi connectivity index (χ2n) is 7.45. The Morgan fingerprint density at radius 2 is 1.79 bits per heavy atom. The van der Waals surface area contributed by atoms with Crippen LogP contribution in [0.25, 0.3) is 5.69 Å². The number of ether oxygens (including phenoxy) is 3. The highest BCUT2D eigenvalue weighted by Crippen LogP contribution is 2.42. The van der Waals surface area contributed by atoms with Gasteiger partial charge in [-0.05, 0) is 59.7 Å². The van der Waals surface area contributed by atoms with Crippen LogP contribution in [-0.2, 0) is 5.54 Å². The van der Waals surface area contributed by atoms with Crippen molar-refractivity contribution in [3.05, 3.63) is 48.3 Å². The summed E-state index contributed by atoms with van der Waals surface area (Å²) in [6.45, 7) is 0.264. The zero-order valence-electron chi connectivity index (χ0n) is 16.3. The van der Waals surface area contributed by atoms with Crippen molar-refractivity contribution in [3.63, 3.8) is 0 Å². The third kappa shape index (κ3) is 3.24. The molecule has 1 fully saturated rings. The third-order valence-corrected chi connectivity index (χ3v) is 5.68. The lowest BCUT2D eigenvalue weighted by molar-refractivity contribution is 0.174. The van der Waals surface area contributed by atoms with Gasteiger partial charge in [0.2, 0.25) is 6.79 Å². The van der Waals surface area contributed by atoms with Gasteiger partial charge in [0.1, 0.15) is 5.75 Å². The number of tetrazole rings is 1. The Bertz CT molecular complexity index is 996. The van der Waals surface area contributed by atoms with Crippen molar-refractivity contribution in [3.8, 4) is 22.9 Å². The van der Waals surface area contributed by atoms with Crippen LogP contribution in [0.2, 0.25) is 0 Å². The van der Waals surface area contributed by atoms with Crippen LogP contribution in [-0.4, -0.2) is 34.1 Å². The molecule has 8 nitrogen and oxygen atoms in total. The van der Waals surface area contributed by atoms with E-state index in [1.54, 1.807) is 7.11 Å². The Hall–Kier alpha value is -3.29. The van der Waals surface area contributed by atoms with Gasteiger partial charge < -0.3 is 19.5 Å². The van der Waals surface area contributed by atoms with Gasteiger partial charge in [-0.2, -0.15) is 4.68 Å². The zero-order chi connectivity index (χ0) is 19.7. The van der Waals surface area contributed by atoms with Crippen LogP contribution >= 0.6 is 0 Å². The second-order valence-corrected chi connectivity index (χ2v) is 7.45. The number of fused-ring (bicyclic) bond motifs is 1. The van der Waals surface area contributed by atoms with E-state index in [4.69, 9.17) is 14.2 Å². The van der Waals surface area contributed by atoms with Crippen molar-refractivity contribution in [1.29, 1.82) is 0 Å². The molecular formula is C21H23N5O3. The van der Waals surface area contributed by atoms with Crippen LogP contribution in [0.4, 0.5) is 5.69 Å². The van der Waals surface area contributed by atoms with E-state index in [-0.39, 0.29) is 12.3 Å². The molecule has 29 heavy (non-hydrogen) atoms. The molecule has 1 N–H and O–H groups in total. The topological polar surface area (TPSA) is 83.3 Å². The molecule has 2 aromatic carbocycles. The van der Waals surface area contributed by atoms with E-state index in [9.17, 15) is 0 Å². The van der Waals surface area contributed by atoms with Crippen molar-refractivity contribution >= 4 is 5.69 Å². The highest BCUT2D eigenvalue weighted by atomic mass is 16.7. The summed E-state index contributed by atoms with van der Waals surface area (Å²) in [4.78, 5) is 0. The smallest absolute Gasteiger partial charge is 0.231 e. The highest BCUT2D eigenvalue weighted by molar-refractivity contribution is 5.57. The van der Waals surface area contributed by atoms with Crippen molar-refractivity contribution < 1.29 is 14.2 Å². The van der Waals surface area contributed by atoms with Gasteiger partial charge in [0.05, 0.1) is 18.3 Å². The summed E-state index contributed by atoms with van der Waals surface area (Å²) in [5.41, 5.74) is 1.53. The lowest BCUT2D eigenvalue weighted by atomic mass is 9.80. The van der Waals surface area contributed by atoms with Gasteiger partial charge >= 0.3 is 0 Å². The molecule has 0 unspecified atom stereocenters. The minimum absolute atomic E-state index is 0.264. The number of anilines is 1. The molecule has 0 spiro atoms. The second kappa shape index (κ2) is 7.27. The Morgan fingerprint density at radius 3 is 2.59 bits per heavy atom. The molecule has 0 saturated heterocycles. The highest BCUT2D eigenvalue weighted by Gasteiger charge is 2.39. The van der Waals surface area contributed by atoms with Crippen molar-refractivity contribution in [2.24, 2.45) is 0 Å². The number of nitrogens with one attached hydrogen (secondary N) is 1. The van der Waals surface area contributed by atoms with E-state index in [1.807, 2.05) is 47.1 Å². The summed E-state index contributed by atoms with van der Waals surface area (Å²) >= 11 is 0. The van der Waals surface area contributed by atoms with E-state index >= 15 is 0 Å². The van der Waals surface area contributed by atoms with Crippen molar-refractivity contribution in [2.45, 2.75) is 37.6 Å². The fourth-order valence-electron chi connectivity index (χ4n) is 4.19. The fraction of sp³-hybridized carbons (Fsp3) is 0.381. The van der Waals surface area contributed by atoms with Gasteiger partial charge in [-0.3, -0.25) is 0 Å². The van der Waals surface area contributed by atoms with Crippen LogP contribution in [0.5, 0.6) is 17.2 Å². The molecule has 0 bridgehead atoms. The van der Waals surface area contributed by atoms with E-state index < -0.39 is 0 Å². The third-order valence-electron chi connectivity index (χ3n) is 5.68. The lowest BCUT2D eigenvalue weighted by Gasteiger charge is -2.37. The van der Waals surface area contributed by atoms with Crippen LogP contribution in [0.3, 0.4) is 0 Å². The molecule has 1 aliphatic carbocycles. The predicted molar refractivity (Wildman–Crippen MR) is 107 cm³/mol. The minimum Gasteiger partial charge on any atom is -0.497 e. The molecule has 2 heterocycles. The van der Waals surface area contributed by atoms with Gasteiger partial charge in [0, 0.05) is 11.8 Å². The molecule has 2 aliphatic rings. The first-order valence-corrected chi connectivity index (χ1v) is 9.89. The zero-order valence-corrected chi connectivity index (χ0v) is 16.3. The largest absolute Gasteiger partial charge is 0.497 e. The number of hydrogen-bond donors (Lipinski definition) is 1. The van der Waals surface area contributed by atoms with Gasteiger partial charge in [-0.25, -0.2) is 0 Å². The summed E-state index contributed by atoms with van der Waals surface area (Å²) in [7, 11) is 1.66. The fourth-order valence-corrected chi connectivity index (χ4v) is 4.19. The summed E-state index contributed by atoms with van der Waals surface area (Å²) in [5.74, 6) is 3.15. The predicted octanol–water partition coefficient (Wildman–Crippen LogP) is 3.67. The Kier molecular flexibility index (Phi) is 4.46. The summed E-state index contributed by atoms with van der Waals surface area (Å²) < 4.78 is 18.1. The Morgan fingerprint density at radius 1 is 1.00 bits per heavy atom. The number of methoxy groups -OCH3 is 1. The van der Waals surface area contributed by atoms with Crippen LogP contribution in [0.1, 0.15) is 37.9 Å². The van der Waals surface area contributed by atoms with Crippen molar-refractivity contribution in [1.82, 2.24) is 20.2 Å². The molecule has 0 atom stereocenters. The van der Waals surface area contributed by atoms with Crippen molar-refractivity contribution in [2.75, 3.05) is 19.2 Å². The molecule has 3 aromatic rings. The van der Waals surface area contributed by atoms with Crippen LogP contribution in [0.15, 0.2) is 42.5 Å². The van der Waals surface area contributed by atoms with Crippen LogP contribution < -0.4 is 19.5 Å². The number of benzene rings is 2. The van der Waals surface area contributed by atoms with E-state index in [2.05, 4.69) is 20.8 Å². The first-order chi connectivity index (χ1) is 14.3. The quantitative estimate of drug-likeness (QED) is 0.708. The van der Waals surface area contributed by atoms with E-state index in [0.717, 1.165) is 60.1 Å². The number of rotatable bonds is 5. The van der Waals surface area contributed by atoms with E-state index in [0.29, 0.717) is 0 Å². The maximum atomic E-state index is 5.55. The molecule has 1 aromatic heterocycles. The molecule has 0 amide bonds. The van der Waals surface area contributed by atoms with Gasteiger partial charge in [0.25, 0.3) is 0 Å². The molecule has 0 radical (unpaired) electrons. The van der Waals surface area contributed by atoms with Gasteiger partial charge in [-0.15, -0.1) is 5.10 Å². The Labute approximate surface area is 168 Å². The van der Waals surface area contributed by atoms with Crippen LogP contribution in [0, 0.1) is 0 Å². The maximum Gasteiger partial charge on any atom is 0.231 e. The molecule has 1 aliphatic heterocycles. The molecule has 5 rings (SSSR count). The summed E-state index contributed by atoms with van der Waals surface area (Å²) in [5, 5.41) is 16.5. The monoisotopic (exact) mass is 393 g/mol. The van der Waals surface area contributed by atoms with Gasteiger partial charge in [-0.1, -0.05) is 19.3 Å². The SMILES string of the molecule is COc1ccc(-n2nnnc2C2(Nc3ccc4c(c3)OCO4)CCCCC2)cc1. The molecule has 1 saturated carbocycles. The first kappa shape index (κ1) is 17.8. The van der Waals surface area contributed by atoms with Gasteiger partial charge in [0.15, 0.2) is 17.3 Å². The van der Waals surface area contributed by atoms with E-state index in [1.165, 1.54) is 6.42 Å². The normalized spacial score (nSPS) is 17.1. The summed E-state index contributed by atoms with van der Waals surface area (Å²) in [6, 6.07) is 13.7. The number of aromatic nitrogens is 4. The summed E-state index contributed by atoms with van der Waals surface area (Å²) in [6.07, 6.45) is 5.37. The number of hydrogen-bond acceptors (Lipinski definition) is 7. The lowest BCUT2D eigenvalue weighted by Crippen LogP contribution is -2.40. The minimum atomic E-state index is -0.352. The standard InChI is InChI=1S/C21H23N5O3/c1-27-17-8-6-16(7-9-17)26-20(23-24-25-26)21(11-3-2-4-12-21)22-15-5-10-18-19(13-15)29-14-28-18/h5-10,13,22H,2-4,11-12,14H2,1H3. The molecular weight excluding hydrogens is 370 g/mol. The molecule has 150 valence electrons.